The van der Waals surface area contributed by atoms with Crippen molar-refractivity contribution in [1.82, 2.24) is 5.16 Å². The van der Waals surface area contributed by atoms with Crippen LogP contribution in [0.3, 0.4) is 0 Å². The van der Waals surface area contributed by atoms with Crippen LogP contribution in [0.25, 0.3) is 0 Å². The molecule has 0 spiro atoms. The van der Waals surface area contributed by atoms with Crippen molar-refractivity contribution in [2.75, 3.05) is 23.8 Å². The molecule has 0 aliphatic carbocycles. The zero-order valence-electron chi connectivity index (χ0n) is 18.4. The van der Waals surface area contributed by atoms with Crippen LogP contribution in [0.15, 0.2) is 64.0 Å². The highest BCUT2D eigenvalue weighted by atomic mass is 32.2. The number of hydrogen-bond donors (Lipinski definition) is 1. The minimum atomic E-state index is -3.92. The number of nitrogens with one attached hydrogen (secondary N) is 1. The molecule has 1 N–H and O–H groups in total. The number of aromatic nitrogens is 1. The SMILES string of the molecule is COc1ccccc1N(C)S(=O)(=O)c1ccc(C(=O)O[C@@H](C)C(=O)Nc2cc(C)no2)cc1. The fourth-order valence-electron chi connectivity index (χ4n) is 2.87. The van der Waals surface area contributed by atoms with Gasteiger partial charge in [-0.2, -0.15) is 0 Å². The lowest BCUT2D eigenvalue weighted by molar-refractivity contribution is -0.123. The van der Waals surface area contributed by atoms with Crippen LogP contribution in [0.2, 0.25) is 0 Å². The Morgan fingerprint density at radius 2 is 1.79 bits per heavy atom. The third-order valence-electron chi connectivity index (χ3n) is 4.70. The highest BCUT2D eigenvalue weighted by Crippen LogP contribution is 2.30. The molecule has 11 heteroatoms. The summed E-state index contributed by atoms with van der Waals surface area (Å²) in [6.07, 6.45) is -1.12. The first-order valence-electron chi connectivity index (χ1n) is 9.80. The first-order valence-corrected chi connectivity index (χ1v) is 11.2. The molecule has 1 heterocycles. The number of hydrogen-bond acceptors (Lipinski definition) is 8. The van der Waals surface area contributed by atoms with E-state index in [-0.39, 0.29) is 16.3 Å². The van der Waals surface area contributed by atoms with Gasteiger partial charge in [0.2, 0.25) is 5.88 Å². The van der Waals surface area contributed by atoms with Crippen molar-refractivity contribution in [3.05, 3.63) is 65.9 Å². The number of ether oxygens (including phenoxy) is 2. The predicted octanol–water partition coefficient (Wildman–Crippen LogP) is 3.00. The van der Waals surface area contributed by atoms with Gasteiger partial charge < -0.3 is 14.0 Å². The number of carbonyl (C=O) groups excluding carboxylic acids is 2. The van der Waals surface area contributed by atoms with E-state index in [0.717, 1.165) is 4.31 Å². The second-order valence-electron chi connectivity index (χ2n) is 7.04. The fraction of sp³-hybridized carbons (Fsp3) is 0.227. The highest BCUT2D eigenvalue weighted by molar-refractivity contribution is 7.92. The molecule has 1 aromatic heterocycles. The van der Waals surface area contributed by atoms with Crippen molar-refractivity contribution >= 4 is 33.5 Å². The summed E-state index contributed by atoms with van der Waals surface area (Å²) in [5, 5.41) is 6.10. The van der Waals surface area contributed by atoms with Crippen LogP contribution >= 0.6 is 0 Å². The zero-order chi connectivity index (χ0) is 24.2. The Bertz CT molecular complexity index is 1250. The van der Waals surface area contributed by atoms with Gasteiger partial charge in [0, 0.05) is 13.1 Å². The van der Waals surface area contributed by atoms with Crippen molar-refractivity contribution in [3.8, 4) is 5.75 Å². The molecule has 0 aliphatic heterocycles. The first-order chi connectivity index (χ1) is 15.6. The number of sulfonamides is 1. The van der Waals surface area contributed by atoms with Crippen LogP contribution in [0.1, 0.15) is 23.0 Å². The van der Waals surface area contributed by atoms with Gasteiger partial charge >= 0.3 is 5.97 Å². The molecule has 174 valence electrons. The first kappa shape index (κ1) is 23.8. The third kappa shape index (κ3) is 5.32. The summed E-state index contributed by atoms with van der Waals surface area (Å²) in [5.74, 6) is -0.851. The van der Waals surface area contributed by atoms with Crippen LogP contribution in [-0.4, -0.2) is 45.7 Å². The van der Waals surface area contributed by atoms with Gasteiger partial charge in [-0.15, -0.1) is 0 Å². The lowest BCUT2D eigenvalue weighted by Gasteiger charge is -2.21. The Balaban J connectivity index is 1.69. The molecule has 33 heavy (non-hydrogen) atoms. The lowest BCUT2D eigenvalue weighted by atomic mass is 10.2. The van der Waals surface area contributed by atoms with E-state index < -0.39 is 28.0 Å². The van der Waals surface area contributed by atoms with E-state index in [2.05, 4.69) is 10.5 Å². The summed E-state index contributed by atoms with van der Waals surface area (Å²) >= 11 is 0. The molecule has 0 bridgehead atoms. The standard InChI is InChI=1S/C22H23N3O7S/c1-14-13-20(32-24-14)23-21(26)15(2)31-22(27)16-9-11-17(12-10-16)33(28,29)25(3)18-7-5-6-8-19(18)30-4/h5-13,15H,1-4H3,(H,23,26)/t15-/m0/s1. The van der Waals surface area contributed by atoms with Crippen LogP contribution in [0.4, 0.5) is 11.6 Å². The third-order valence-corrected chi connectivity index (χ3v) is 6.49. The Morgan fingerprint density at radius 3 is 2.39 bits per heavy atom. The van der Waals surface area contributed by atoms with Gasteiger partial charge in [0.25, 0.3) is 15.9 Å². The number of esters is 1. The molecule has 3 rings (SSSR count). The zero-order valence-corrected chi connectivity index (χ0v) is 19.3. The minimum absolute atomic E-state index is 0.0288. The maximum Gasteiger partial charge on any atom is 0.338 e. The molecule has 3 aromatic rings. The van der Waals surface area contributed by atoms with Gasteiger partial charge in [0.1, 0.15) is 5.75 Å². The molecular weight excluding hydrogens is 450 g/mol. The largest absolute Gasteiger partial charge is 0.495 e. The molecular formula is C22H23N3O7S. The molecule has 0 radical (unpaired) electrons. The normalized spacial score (nSPS) is 12.0. The second kappa shape index (κ2) is 9.74. The monoisotopic (exact) mass is 473 g/mol. The smallest absolute Gasteiger partial charge is 0.338 e. The Kier molecular flexibility index (Phi) is 7.02. The molecule has 0 fully saturated rings. The number of aryl methyl sites for hydroxylation is 1. The van der Waals surface area contributed by atoms with Crippen molar-refractivity contribution in [1.29, 1.82) is 0 Å². The molecule has 1 amide bonds. The van der Waals surface area contributed by atoms with E-state index in [1.807, 2.05) is 0 Å². The van der Waals surface area contributed by atoms with Gasteiger partial charge in [0.15, 0.2) is 6.10 Å². The van der Waals surface area contributed by atoms with E-state index in [4.69, 9.17) is 14.0 Å². The van der Waals surface area contributed by atoms with E-state index in [0.29, 0.717) is 17.1 Å². The average Bonchev–Trinajstić information content (AvgIpc) is 3.22. The number of anilines is 2. The highest BCUT2D eigenvalue weighted by Gasteiger charge is 2.25. The number of rotatable bonds is 8. The maximum atomic E-state index is 13.0. The van der Waals surface area contributed by atoms with E-state index in [9.17, 15) is 18.0 Å². The average molecular weight is 474 g/mol. The van der Waals surface area contributed by atoms with Gasteiger partial charge in [0.05, 0.1) is 29.0 Å². The molecule has 0 unspecified atom stereocenters. The molecule has 0 saturated heterocycles. The summed E-state index contributed by atoms with van der Waals surface area (Å²) in [6.45, 7) is 3.10. The number of para-hydroxylation sites is 2. The van der Waals surface area contributed by atoms with Gasteiger partial charge in [-0.3, -0.25) is 14.4 Å². The van der Waals surface area contributed by atoms with Crippen molar-refractivity contribution in [2.24, 2.45) is 0 Å². The Labute approximate surface area is 191 Å². The Hall–Kier alpha value is -3.86. The van der Waals surface area contributed by atoms with Crippen LogP contribution in [0.5, 0.6) is 5.75 Å². The van der Waals surface area contributed by atoms with E-state index in [1.165, 1.54) is 51.4 Å². The number of benzene rings is 2. The van der Waals surface area contributed by atoms with Crippen LogP contribution in [-0.2, 0) is 19.6 Å². The summed E-state index contributed by atoms with van der Waals surface area (Å²) in [4.78, 5) is 24.5. The molecule has 0 saturated carbocycles. The summed E-state index contributed by atoms with van der Waals surface area (Å²) < 4.78 is 42.4. The summed E-state index contributed by atoms with van der Waals surface area (Å²) in [6, 6.07) is 13.4. The predicted molar refractivity (Wildman–Crippen MR) is 120 cm³/mol. The lowest BCUT2D eigenvalue weighted by Crippen LogP contribution is -2.30. The summed E-state index contributed by atoms with van der Waals surface area (Å²) in [7, 11) is -1.06. The molecule has 1 atom stereocenters. The minimum Gasteiger partial charge on any atom is -0.495 e. The Morgan fingerprint density at radius 1 is 1.12 bits per heavy atom. The molecule has 10 nitrogen and oxygen atoms in total. The van der Waals surface area contributed by atoms with Gasteiger partial charge in [-0.05, 0) is 50.2 Å². The quantitative estimate of drug-likeness (QED) is 0.495. The van der Waals surface area contributed by atoms with Crippen molar-refractivity contribution in [2.45, 2.75) is 24.8 Å². The maximum absolute atomic E-state index is 13.0. The van der Waals surface area contributed by atoms with Gasteiger partial charge in [-0.25, -0.2) is 13.2 Å². The number of carbonyl (C=O) groups is 2. The van der Waals surface area contributed by atoms with Crippen molar-refractivity contribution in [3.63, 3.8) is 0 Å². The van der Waals surface area contributed by atoms with Gasteiger partial charge in [-0.1, -0.05) is 17.3 Å². The molecule has 0 aliphatic rings. The van der Waals surface area contributed by atoms with E-state index in [1.54, 1.807) is 31.2 Å². The topological polar surface area (TPSA) is 128 Å². The number of methoxy groups -OCH3 is 1. The second-order valence-corrected chi connectivity index (χ2v) is 9.01. The number of amides is 1. The van der Waals surface area contributed by atoms with Crippen LogP contribution < -0.4 is 14.4 Å². The fourth-order valence-corrected chi connectivity index (χ4v) is 4.07. The van der Waals surface area contributed by atoms with Crippen LogP contribution in [0, 0.1) is 6.92 Å². The summed E-state index contributed by atoms with van der Waals surface area (Å²) in [5.41, 5.74) is 1.04. The van der Waals surface area contributed by atoms with E-state index >= 15 is 0 Å². The number of nitrogens with zero attached hydrogens (tertiary/aromatic N) is 2. The van der Waals surface area contributed by atoms with Crippen molar-refractivity contribution < 1.29 is 32.0 Å². The molecule has 2 aromatic carbocycles.